The van der Waals surface area contributed by atoms with E-state index in [0.717, 1.165) is 77.4 Å². The van der Waals surface area contributed by atoms with E-state index in [1.807, 2.05) is 189 Å². The smallest absolute Gasteiger partial charge is 0.155 e. The van der Waals surface area contributed by atoms with Crippen LogP contribution >= 0.6 is 11.3 Å². The summed E-state index contributed by atoms with van der Waals surface area (Å²) in [6.45, 7) is 18.3. The van der Waals surface area contributed by atoms with Gasteiger partial charge in [0.05, 0.1) is 45.5 Å². The minimum atomic E-state index is -0.125. The van der Waals surface area contributed by atoms with Crippen molar-refractivity contribution < 1.29 is 150 Å². The molecule has 0 amide bonds. The molecule has 641 valence electrons. The summed E-state index contributed by atoms with van der Waals surface area (Å²) in [5.41, 5.74) is 12.2. The van der Waals surface area contributed by atoms with Crippen molar-refractivity contribution in [1.29, 1.82) is 0 Å². The van der Waals surface area contributed by atoms with E-state index in [1.54, 1.807) is 11.3 Å². The molecule has 0 aliphatic heterocycles. The zero-order valence-corrected chi connectivity index (χ0v) is 82.2. The van der Waals surface area contributed by atoms with Crippen molar-refractivity contribution in [2.45, 2.75) is 83.1 Å². The van der Waals surface area contributed by atoms with E-state index in [1.165, 1.54) is 153 Å². The zero-order chi connectivity index (χ0) is 85.5. The molecule has 6 aromatic heterocycles. The van der Waals surface area contributed by atoms with E-state index < -0.39 is 0 Å². The fraction of sp³-hybridized carbons (Fsp3) is 0.119. The number of carbonyl (C=O) groups excluding carboxylic acids is 5. The van der Waals surface area contributed by atoms with Gasteiger partial charge in [0.2, 0.25) is 0 Å². The number of aryl methyl sites for hydroxylation is 2. The molecule has 123 heavy (non-hydrogen) atoms. The van der Waals surface area contributed by atoms with Gasteiger partial charge in [-0.15, -0.1) is 161 Å². The van der Waals surface area contributed by atoms with Crippen LogP contribution < -0.4 is 0 Å². The fourth-order valence-electron chi connectivity index (χ4n) is 11.4. The third-order valence-corrected chi connectivity index (χ3v) is 17.1. The van der Waals surface area contributed by atoms with Crippen LogP contribution in [-0.4, -0.2) is 84.4 Å². The largest absolute Gasteiger partial charge is 0.512 e. The Morgan fingerprint density at radius 1 is 0.333 bits per heavy atom. The van der Waals surface area contributed by atoms with Crippen LogP contribution in [0.5, 0.6) is 0 Å². The van der Waals surface area contributed by atoms with Gasteiger partial charge in [-0.25, -0.2) is 11.3 Å². The van der Waals surface area contributed by atoms with Gasteiger partial charge in [-0.05, 0) is 172 Å². The van der Waals surface area contributed by atoms with Crippen LogP contribution in [0.1, 0.15) is 80.5 Å². The summed E-state index contributed by atoms with van der Waals surface area (Å²) in [5, 5.41) is 53.6. The number of nitrogens with zero attached hydrogens (tertiary/aromatic N) is 6. The maximum absolute atomic E-state index is 10.0. The molecule has 5 radical (unpaired) electrons. The minimum Gasteiger partial charge on any atom is -0.512 e. The van der Waals surface area contributed by atoms with Crippen LogP contribution in [0.25, 0.3) is 119 Å². The Bertz CT molecular complexity index is 5970. The van der Waals surface area contributed by atoms with E-state index in [9.17, 15) is 24.0 Å². The van der Waals surface area contributed by atoms with Crippen molar-refractivity contribution in [2.75, 3.05) is 0 Å². The number of aliphatic hydroxyl groups excluding tert-OH is 5. The summed E-state index contributed by atoms with van der Waals surface area (Å²) in [7, 11) is 0. The third kappa shape index (κ3) is 37.1. The molecule has 10 aromatic carbocycles. The van der Waals surface area contributed by atoms with Crippen molar-refractivity contribution in [3.05, 3.63) is 374 Å². The number of allylic oxidation sites excluding steroid dienone is 10. The molecule has 0 aliphatic carbocycles. The average Bonchev–Trinajstić information content (AvgIpc) is 1.12. The van der Waals surface area contributed by atoms with Crippen LogP contribution in [0.2, 0.25) is 0 Å². The zero-order valence-electron chi connectivity index (χ0n) is 69.4. The summed E-state index contributed by atoms with van der Waals surface area (Å²) in [6, 6.07) is 99.7. The molecule has 6 heterocycles. The molecular weight excluding hydrogens is 2450 g/mol. The number of ketones is 5. The van der Waals surface area contributed by atoms with E-state index >= 15 is 0 Å². The van der Waals surface area contributed by atoms with Crippen LogP contribution in [0.3, 0.4) is 0 Å². The number of thiophene rings is 1. The topological polar surface area (TPSA) is 264 Å². The number of hydrogen-bond acceptors (Lipinski definition) is 17. The second-order valence-corrected chi connectivity index (χ2v) is 27.4. The first kappa shape index (κ1) is 108. The van der Waals surface area contributed by atoms with Crippen molar-refractivity contribution in [3.63, 3.8) is 0 Å². The molecule has 0 bridgehead atoms. The van der Waals surface area contributed by atoms with Crippen LogP contribution in [0.15, 0.2) is 333 Å². The second kappa shape index (κ2) is 57.1. The number of carbonyl (C=O) groups is 5. The van der Waals surface area contributed by atoms with Gasteiger partial charge in [-0.2, -0.15) is 0 Å². The Balaban J connectivity index is 0.000000473. The molecular formula is C101H91Ir5N6O10S-5. The monoisotopic (exact) mass is 2540 g/mol. The Morgan fingerprint density at radius 2 is 0.780 bits per heavy atom. The quantitative estimate of drug-likeness (QED) is 0.0389. The number of aliphatic hydroxyl groups is 5. The molecule has 0 spiro atoms. The molecule has 0 atom stereocenters. The maximum atomic E-state index is 10.0. The van der Waals surface area contributed by atoms with E-state index in [2.05, 4.69) is 158 Å². The number of pyridine rings is 4. The number of fused-ring (bicyclic) bond motifs is 10. The predicted octanol–water partition coefficient (Wildman–Crippen LogP) is 24.4. The van der Waals surface area contributed by atoms with Gasteiger partial charge in [0.15, 0.2) is 28.9 Å². The summed E-state index contributed by atoms with van der Waals surface area (Å²) in [5.74, 6) is -0.312. The number of rotatable bonds is 9. The summed E-state index contributed by atoms with van der Waals surface area (Å²) in [6.07, 6.45) is 13.2. The Kier molecular flexibility index (Phi) is 50.1. The first-order chi connectivity index (χ1) is 56.6. The molecule has 0 saturated carbocycles. The normalized spacial score (nSPS) is 10.5. The van der Waals surface area contributed by atoms with Crippen LogP contribution in [0, 0.1) is 44.2 Å². The van der Waals surface area contributed by atoms with Gasteiger partial charge in [0.1, 0.15) is 0 Å². The Morgan fingerprint density at radius 3 is 1.28 bits per heavy atom. The third-order valence-electron chi connectivity index (χ3n) is 16.0. The average molecular weight is 2540 g/mol. The molecule has 0 unspecified atom stereocenters. The van der Waals surface area contributed by atoms with Crippen molar-refractivity contribution >= 4 is 115 Å². The number of benzene rings is 10. The SMILES string of the molecule is CC(=O)C=C(C)O.CC(=O)C=C(C)O.CC(=O)C=C(C)O.CC(=O)C=C(C)O.CC(=O)C=C(C)O.Cc1cccc2c(-c3[c-]cccc3)nccc12.Cc1cnc2c3[c-]cccc3c3ccccc3c2n1.[Ir].[Ir].[Ir].[Ir].[Ir].[c-]1c(-c2ccccn2)sc2ccccc12.[c-]1ccccc1-c1ccc2ccccc2n1.[c-]1ccccc1-c1nccc2ccccc12. The molecule has 16 rings (SSSR count). The summed E-state index contributed by atoms with van der Waals surface area (Å²) >= 11 is 1.73. The van der Waals surface area contributed by atoms with Gasteiger partial charge in [-0.3, -0.25) is 33.9 Å². The van der Waals surface area contributed by atoms with Gasteiger partial charge in [0.25, 0.3) is 0 Å². The number of aromatic nitrogens is 6. The fourth-order valence-corrected chi connectivity index (χ4v) is 12.4. The standard InChI is InChI=1S/C17H11N2.C16H12N.2C15H10N.C13H8NS.5C5H8O2.5Ir/c1-11-10-18-16-14-8-4-2-6-12(14)13-7-3-5-9-15(13)17(16)19-11;1-12-6-5-9-15-14(12)10-11-17-16(15)13-7-3-2-4-8-13;1-2-7-13(8-3-1)15-14-9-5-4-6-12(14)10-11-16-15;1-2-6-12(7-3-1)15-11-10-13-8-4-5-9-14(13)16-15;1-2-7-12-10(5-1)9-13(15-12)11-6-3-4-8-14-11;5*1-4(6)3-5(2)7;;;;;/h2-7,9-10H,1H3;2-7,9-11H,1H3;1-7,9-11H;1-6,8-11H;1-8H;5*3,6H,1-2H3;;;;;/q5*-1;;;;;;;;;;. The van der Waals surface area contributed by atoms with Crippen molar-refractivity contribution in [1.82, 2.24) is 29.9 Å². The molecule has 5 N–H and O–H groups in total. The summed E-state index contributed by atoms with van der Waals surface area (Å²) < 4.78 is 1.26. The molecule has 16 aromatic rings. The van der Waals surface area contributed by atoms with Crippen LogP contribution in [0.4, 0.5) is 0 Å². The maximum Gasteiger partial charge on any atom is 0.155 e. The van der Waals surface area contributed by atoms with Crippen molar-refractivity contribution in [2.24, 2.45) is 0 Å². The second-order valence-electron chi connectivity index (χ2n) is 26.4. The first-order valence-electron chi connectivity index (χ1n) is 37.3. The Hall–Kier alpha value is -11.3. The van der Waals surface area contributed by atoms with Gasteiger partial charge >= 0.3 is 0 Å². The number of hydrogen-bond donors (Lipinski definition) is 5. The molecule has 0 saturated heterocycles. The molecule has 0 aliphatic rings. The van der Waals surface area contributed by atoms with E-state index in [-0.39, 0.29) is 158 Å². The first-order valence-corrected chi connectivity index (χ1v) is 38.1. The van der Waals surface area contributed by atoms with Gasteiger partial charge in [0, 0.05) is 167 Å². The predicted molar refractivity (Wildman–Crippen MR) is 480 cm³/mol. The Labute approximate surface area is 789 Å². The molecule has 0 fully saturated rings. The summed E-state index contributed by atoms with van der Waals surface area (Å²) in [4.78, 5) is 78.3. The van der Waals surface area contributed by atoms with Gasteiger partial charge < -0.3 is 45.5 Å². The number of para-hydroxylation sites is 1. The van der Waals surface area contributed by atoms with E-state index in [0.29, 0.717) is 0 Å². The van der Waals surface area contributed by atoms with Gasteiger partial charge in [-0.1, -0.05) is 132 Å². The van der Waals surface area contributed by atoms with E-state index in [4.69, 9.17) is 25.5 Å². The van der Waals surface area contributed by atoms with Crippen molar-refractivity contribution in [3.8, 4) is 44.3 Å². The molecule has 16 nitrogen and oxygen atoms in total. The van der Waals surface area contributed by atoms with Crippen LogP contribution in [-0.2, 0) is 124 Å². The molecule has 22 heteroatoms. The minimum absolute atomic E-state index is 0.